The quantitative estimate of drug-likeness (QED) is 0.584. The minimum Gasteiger partial charge on any atom is -0.457 e. The summed E-state index contributed by atoms with van der Waals surface area (Å²) in [6, 6.07) is 5.76. The van der Waals surface area contributed by atoms with Crippen LogP contribution in [-0.2, 0) is 15.1 Å². The van der Waals surface area contributed by atoms with E-state index in [1.165, 1.54) is 6.08 Å². The van der Waals surface area contributed by atoms with Crippen LogP contribution in [-0.4, -0.2) is 5.97 Å². The minimum absolute atomic E-state index is 0.396. The molecule has 0 unspecified atom stereocenters. The van der Waals surface area contributed by atoms with Gasteiger partial charge in [0, 0.05) is 11.6 Å². The molecule has 17 heavy (non-hydrogen) atoms. The number of carbonyl (C=O) groups excluding carboxylic acids is 1. The molecule has 90 valence electrons. The highest BCUT2D eigenvalue weighted by molar-refractivity contribution is 5.82. The van der Waals surface area contributed by atoms with Crippen LogP contribution in [0.4, 0.5) is 0 Å². The number of fused-ring (bicyclic) bond motifs is 2. The molecule has 0 atom stereocenters. The molecule has 0 spiro atoms. The number of ether oxygens (including phenoxy) is 1. The third-order valence-corrected chi connectivity index (χ3v) is 3.27. The SMILES string of the molecule is C=CC(=O)OC(CC)(CC)c1cc2ccc1o2. The van der Waals surface area contributed by atoms with E-state index >= 15 is 0 Å². The van der Waals surface area contributed by atoms with Gasteiger partial charge in [-0.2, -0.15) is 0 Å². The first-order valence-corrected chi connectivity index (χ1v) is 5.83. The van der Waals surface area contributed by atoms with E-state index in [0.717, 1.165) is 16.7 Å². The Kier molecular flexibility index (Phi) is 2.92. The van der Waals surface area contributed by atoms with Crippen molar-refractivity contribution in [2.45, 2.75) is 32.3 Å². The maximum Gasteiger partial charge on any atom is 0.331 e. The normalized spacial score (nSPS) is 11.9. The molecule has 2 aromatic rings. The van der Waals surface area contributed by atoms with Crippen LogP contribution in [0.3, 0.4) is 0 Å². The van der Waals surface area contributed by atoms with Gasteiger partial charge in [0.15, 0.2) is 0 Å². The van der Waals surface area contributed by atoms with Gasteiger partial charge in [0.05, 0.1) is 0 Å². The molecule has 0 aliphatic rings. The third kappa shape index (κ3) is 1.82. The first-order chi connectivity index (χ1) is 8.15. The van der Waals surface area contributed by atoms with Crippen LogP contribution in [0.5, 0.6) is 0 Å². The van der Waals surface area contributed by atoms with Gasteiger partial charge < -0.3 is 9.15 Å². The van der Waals surface area contributed by atoms with Gasteiger partial charge in [-0.25, -0.2) is 4.79 Å². The van der Waals surface area contributed by atoms with Gasteiger partial charge >= 0.3 is 5.97 Å². The number of rotatable bonds is 5. The van der Waals surface area contributed by atoms with E-state index in [-0.39, 0.29) is 0 Å². The fourth-order valence-electron chi connectivity index (χ4n) is 2.21. The molecule has 2 bridgehead atoms. The number of benzene rings is 1. The van der Waals surface area contributed by atoms with Crippen LogP contribution < -0.4 is 0 Å². The van der Waals surface area contributed by atoms with Gasteiger partial charge in [0.25, 0.3) is 0 Å². The summed E-state index contributed by atoms with van der Waals surface area (Å²) in [5, 5.41) is 0. The van der Waals surface area contributed by atoms with Crippen molar-refractivity contribution in [3.63, 3.8) is 0 Å². The Morgan fingerprint density at radius 2 is 2.18 bits per heavy atom. The molecule has 0 N–H and O–H groups in total. The standard InChI is InChI=1S/C14H16O3/c1-4-13(15)17-14(5-2,6-3)11-9-10-7-8-12(11)16-10/h4,7-9H,1,5-6H2,2-3H3. The highest BCUT2D eigenvalue weighted by Crippen LogP contribution is 2.39. The van der Waals surface area contributed by atoms with Crippen LogP contribution in [0.25, 0.3) is 11.2 Å². The monoisotopic (exact) mass is 232 g/mol. The smallest absolute Gasteiger partial charge is 0.331 e. The summed E-state index contributed by atoms with van der Waals surface area (Å²) in [7, 11) is 0. The molecule has 2 heterocycles. The van der Waals surface area contributed by atoms with Crippen molar-refractivity contribution in [3.8, 4) is 0 Å². The fraction of sp³-hybridized carbons (Fsp3) is 0.357. The Balaban J connectivity index is 2.42. The van der Waals surface area contributed by atoms with Crippen LogP contribution in [0, 0.1) is 0 Å². The lowest BCUT2D eigenvalue weighted by Gasteiger charge is -2.30. The van der Waals surface area contributed by atoms with Crippen LogP contribution in [0.15, 0.2) is 35.3 Å². The van der Waals surface area contributed by atoms with Crippen molar-refractivity contribution in [3.05, 3.63) is 36.4 Å². The minimum atomic E-state index is -0.604. The number of hydrogen-bond acceptors (Lipinski definition) is 3. The number of esters is 1. The summed E-state index contributed by atoms with van der Waals surface area (Å²) >= 11 is 0. The maximum absolute atomic E-state index is 11.5. The van der Waals surface area contributed by atoms with Crippen molar-refractivity contribution >= 4 is 17.1 Å². The highest BCUT2D eigenvalue weighted by atomic mass is 16.6. The first kappa shape index (κ1) is 11.7. The average molecular weight is 232 g/mol. The first-order valence-electron chi connectivity index (χ1n) is 5.83. The Labute approximate surface area is 100 Å². The molecule has 0 amide bonds. The molecule has 2 rings (SSSR count). The van der Waals surface area contributed by atoms with E-state index in [2.05, 4.69) is 6.58 Å². The molecular weight excluding hydrogens is 216 g/mol. The van der Waals surface area contributed by atoms with Gasteiger partial charge in [-0.05, 0) is 31.0 Å². The van der Waals surface area contributed by atoms with Crippen LogP contribution in [0.2, 0.25) is 0 Å². The van der Waals surface area contributed by atoms with Crippen LogP contribution in [0.1, 0.15) is 32.3 Å². The van der Waals surface area contributed by atoms with E-state index in [1.807, 2.05) is 32.0 Å². The molecule has 2 aromatic heterocycles. The predicted molar refractivity (Wildman–Crippen MR) is 65.9 cm³/mol. The summed E-state index contributed by atoms with van der Waals surface area (Å²) in [5.74, 6) is -0.396. The summed E-state index contributed by atoms with van der Waals surface area (Å²) in [4.78, 5) is 11.5. The third-order valence-electron chi connectivity index (χ3n) is 3.27. The number of furan rings is 2. The molecule has 0 saturated heterocycles. The van der Waals surface area contributed by atoms with Crippen molar-refractivity contribution in [1.82, 2.24) is 0 Å². The lowest BCUT2D eigenvalue weighted by atomic mass is 9.88. The second-order valence-electron chi connectivity index (χ2n) is 4.09. The largest absolute Gasteiger partial charge is 0.457 e. The number of carbonyl (C=O) groups is 1. The predicted octanol–water partition coefficient (Wildman–Crippen LogP) is 3.62. The van der Waals surface area contributed by atoms with Gasteiger partial charge in [0.2, 0.25) is 0 Å². The van der Waals surface area contributed by atoms with Crippen LogP contribution >= 0.6 is 0 Å². The molecule has 3 nitrogen and oxygen atoms in total. The lowest BCUT2D eigenvalue weighted by Crippen LogP contribution is -2.30. The van der Waals surface area contributed by atoms with Gasteiger partial charge in [-0.3, -0.25) is 0 Å². The lowest BCUT2D eigenvalue weighted by molar-refractivity contribution is -0.155. The van der Waals surface area contributed by atoms with E-state index in [0.29, 0.717) is 12.8 Å². The van der Waals surface area contributed by atoms with E-state index in [1.54, 1.807) is 0 Å². The molecule has 3 heteroatoms. The topological polar surface area (TPSA) is 39.4 Å². The zero-order chi connectivity index (χ0) is 12.5. The Bertz CT molecular complexity index is 520. The van der Waals surface area contributed by atoms with E-state index in [9.17, 15) is 4.79 Å². The second-order valence-corrected chi connectivity index (χ2v) is 4.09. The number of hydrogen-bond donors (Lipinski definition) is 0. The Hall–Kier alpha value is -1.77. The van der Waals surface area contributed by atoms with Gasteiger partial charge in [-0.15, -0.1) is 0 Å². The van der Waals surface area contributed by atoms with Crippen molar-refractivity contribution in [1.29, 1.82) is 0 Å². The van der Waals surface area contributed by atoms with Crippen molar-refractivity contribution in [2.24, 2.45) is 0 Å². The summed E-state index contributed by atoms with van der Waals surface area (Å²) < 4.78 is 11.1. The Morgan fingerprint density at radius 1 is 1.47 bits per heavy atom. The molecule has 0 saturated carbocycles. The molecular formula is C14H16O3. The van der Waals surface area contributed by atoms with Gasteiger partial charge in [-0.1, -0.05) is 20.4 Å². The molecule has 0 aromatic carbocycles. The summed E-state index contributed by atoms with van der Waals surface area (Å²) in [5.41, 5.74) is 1.96. The zero-order valence-corrected chi connectivity index (χ0v) is 10.2. The molecule has 0 fully saturated rings. The summed E-state index contributed by atoms with van der Waals surface area (Å²) in [6.45, 7) is 7.44. The van der Waals surface area contributed by atoms with E-state index in [4.69, 9.17) is 9.15 Å². The molecule has 0 aliphatic carbocycles. The van der Waals surface area contributed by atoms with Crippen molar-refractivity contribution in [2.75, 3.05) is 0 Å². The van der Waals surface area contributed by atoms with E-state index < -0.39 is 11.6 Å². The maximum atomic E-state index is 11.5. The summed E-state index contributed by atoms with van der Waals surface area (Å²) in [6.07, 6.45) is 2.62. The molecule has 0 aliphatic heterocycles. The fourth-order valence-corrected chi connectivity index (χ4v) is 2.21. The zero-order valence-electron chi connectivity index (χ0n) is 10.2. The second kappa shape index (κ2) is 4.24. The Morgan fingerprint density at radius 3 is 2.59 bits per heavy atom. The average Bonchev–Trinajstić information content (AvgIpc) is 2.98. The van der Waals surface area contributed by atoms with Gasteiger partial charge in [0.1, 0.15) is 16.8 Å². The molecule has 0 radical (unpaired) electrons. The highest BCUT2D eigenvalue weighted by Gasteiger charge is 2.35. The van der Waals surface area contributed by atoms with Crippen molar-refractivity contribution < 1.29 is 13.9 Å².